The molecule has 110 valence electrons. The highest BCUT2D eigenvalue weighted by Crippen LogP contribution is 2.17. The number of hydrogen-bond acceptors (Lipinski definition) is 3. The van der Waals surface area contributed by atoms with Crippen molar-refractivity contribution < 1.29 is 9.53 Å². The number of benzene rings is 1. The Hall–Kier alpha value is -1.20. The summed E-state index contributed by atoms with van der Waals surface area (Å²) in [5.74, 6) is 0.992. The van der Waals surface area contributed by atoms with Crippen LogP contribution >= 0.6 is 11.8 Å². The van der Waals surface area contributed by atoms with Crippen molar-refractivity contribution in [2.24, 2.45) is 0 Å². The van der Waals surface area contributed by atoms with E-state index in [1.165, 1.54) is 5.56 Å². The number of nitrogens with one attached hydrogen (secondary N) is 1. The zero-order valence-electron chi connectivity index (χ0n) is 12.3. The van der Waals surface area contributed by atoms with Crippen molar-refractivity contribution in [2.45, 2.75) is 31.7 Å². The average molecular weight is 294 g/mol. The highest BCUT2D eigenvalue weighted by Gasteiger charge is 2.28. The van der Waals surface area contributed by atoms with E-state index in [0.29, 0.717) is 13.2 Å². The molecule has 0 bridgehead atoms. The van der Waals surface area contributed by atoms with Gasteiger partial charge in [-0.15, -0.1) is 0 Å². The van der Waals surface area contributed by atoms with E-state index in [2.05, 4.69) is 23.7 Å². The Kier molecular flexibility index (Phi) is 5.31. The molecule has 5 heteroatoms. The molecule has 1 aliphatic rings. The van der Waals surface area contributed by atoms with Gasteiger partial charge >= 0.3 is 6.03 Å². The number of urea groups is 1. The number of carbonyl (C=O) groups excluding carboxylic acids is 1. The third-order valence-corrected chi connectivity index (χ3v) is 4.28. The first-order valence-corrected chi connectivity index (χ1v) is 8.28. The van der Waals surface area contributed by atoms with E-state index in [9.17, 15) is 4.79 Å². The minimum absolute atomic E-state index is 0.0507. The molecule has 2 atom stereocenters. The van der Waals surface area contributed by atoms with Gasteiger partial charge < -0.3 is 15.0 Å². The minimum Gasteiger partial charge on any atom is -0.375 e. The Morgan fingerprint density at radius 1 is 1.40 bits per heavy atom. The molecule has 0 spiro atoms. The molecule has 0 saturated carbocycles. The minimum atomic E-state index is -0.0507. The summed E-state index contributed by atoms with van der Waals surface area (Å²) in [6.45, 7) is 5.26. The van der Waals surface area contributed by atoms with Crippen LogP contribution in [0.4, 0.5) is 10.5 Å². The van der Waals surface area contributed by atoms with Crippen LogP contribution in [0, 0.1) is 0 Å². The fourth-order valence-corrected chi connectivity index (χ4v) is 2.79. The standard InChI is InChI=1S/C15H22N2O2S/c1-11-12(2)19-9-8-17(11)15(18)16-14-6-4-13(5-7-14)10-20-3/h4-7,11-12H,8-10H2,1-3H3,(H,16,18)/t11-,12-/m1/s1. The van der Waals surface area contributed by atoms with Crippen molar-refractivity contribution in [3.8, 4) is 0 Å². The van der Waals surface area contributed by atoms with E-state index in [1.54, 1.807) is 11.8 Å². The molecule has 0 radical (unpaired) electrons. The molecule has 1 N–H and O–H groups in total. The van der Waals surface area contributed by atoms with E-state index in [1.807, 2.05) is 30.9 Å². The molecule has 1 fully saturated rings. The number of morpholine rings is 1. The number of ether oxygens (including phenoxy) is 1. The van der Waals surface area contributed by atoms with Crippen molar-refractivity contribution in [2.75, 3.05) is 24.7 Å². The summed E-state index contributed by atoms with van der Waals surface area (Å²) in [4.78, 5) is 14.1. The van der Waals surface area contributed by atoms with Crippen molar-refractivity contribution in [1.82, 2.24) is 4.90 Å². The van der Waals surface area contributed by atoms with Crippen molar-refractivity contribution in [1.29, 1.82) is 0 Å². The third kappa shape index (κ3) is 3.67. The van der Waals surface area contributed by atoms with Crippen LogP contribution < -0.4 is 5.32 Å². The summed E-state index contributed by atoms with van der Waals surface area (Å²) in [5.41, 5.74) is 2.11. The Morgan fingerprint density at radius 3 is 2.75 bits per heavy atom. The number of thioether (sulfide) groups is 1. The quantitative estimate of drug-likeness (QED) is 0.931. The van der Waals surface area contributed by atoms with Gasteiger partial charge in [-0.3, -0.25) is 0 Å². The maximum absolute atomic E-state index is 12.3. The Bertz CT molecular complexity index is 450. The van der Waals surface area contributed by atoms with Gasteiger partial charge in [-0.05, 0) is 37.8 Å². The summed E-state index contributed by atoms with van der Waals surface area (Å²) in [6.07, 6.45) is 2.16. The Balaban J connectivity index is 1.96. The topological polar surface area (TPSA) is 41.6 Å². The number of amides is 2. The molecule has 1 saturated heterocycles. The second-order valence-electron chi connectivity index (χ2n) is 5.07. The monoisotopic (exact) mass is 294 g/mol. The second kappa shape index (κ2) is 6.99. The number of rotatable bonds is 3. The SMILES string of the molecule is CSCc1ccc(NC(=O)N2CCO[C@H](C)[C@H]2C)cc1. The first-order valence-electron chi connectivity index (χ1n) is 6.89. The van der Waals surface area contributed by atoms with Crippen LogP contribution in [0.25, 0.3) is 0 Å². The van der Waals surface area contributed by atoms with E-state index in [4.69, 9.17) is 4.74 Å². The molecule has 1 aromatic rings. The van der Waals surface area contributed by atoms with Gasteiger partial charge in [0.15, 0.2) is 0 Å². The molecule has 1 aromatic carbocycles. The molecule has 0 aromatic heterocycles. The lowest BCUT2D eigenvalue weighted by molar-refractivity contribution is -0.0355. The van der Waals surface area contributed by atoms with Gasteiger partial charge in [-0.25, -0.2) is 4.79 Å². The molecule has 1 heterocycles. The first-order chi connectivity index (χ1) is 9.61. The third-order valence-electron chi connectivity index (χ3n) is 3.66. The largest absolute Gasteiger partial charge is 0.375 e. The first kappa shape index (κ1) is 15.2. The van der Waals surface area contributed by atoms with Gasteiger partial charge in [0, 0.05) is 18.0 Å². The van der Waals surface area contributed by atoms with Crippen LogP contribution in [0.3, 0.4) is 0 Å². The van der Waals surface area contributed by atoms with Crippen molar-refractivity contribution in [3.05, 3.63) is 29.8 Å². The van der Waals surface area contributed by atoms with Gasteiger partial charge in [0.05, 0.1) is 18.8 Å². The zero-order valence-corrected chi connectivity index (χ0v) is 13.1. The molecular weight excluding hydrogens is 272 g/mol. The average Bonchev–Trinajstić information content (AvgIpc) is 2.44. The molecular formula is C15H22N2O2S. The highest BCUT2D eigenvalue weighted by molar-refractivity contribution is 7.97. The summed E-state index contributed by atoms with van der Waals surface area (Å²) in [6, 6.07) is 8.06. The van der Waals surface area contributed by atoms with Crippen LogP contribution in [-0.2, 0) is 10.5 Å². The molecule has 0 unspecified atom stereocenters. The van der Waals surface area contributed by atoms with Crippen LogP contribution in [0.2, 0.25) is 0 Å². The van der Waals surface area contributed by atoms with Crippen molar-refractivity contribution >= 4 is 23.5 Å². The summed E-state index contributed by atoms with van der Waals surface area (Å²) in [7, 11) is 0. The van der Waals surface area contributed by atoms with Gasteiger partial charge in [0.2, 0.25) is 0 Å². The summed E-state index contributed by atoms with van der Waals surface area (Å²) >= 11 is 1.79. The normalized spacial score (nSPS) is 22.6. The van der Waals surface area contributed by atoms with Crippen LogP contribution in [-0.4, -0.2) is 42.5 Å². The lowest BCUT2D eigenvalue weighted by Gasteiger charge is -2.37. The van der Waals surface area contributed by atoms with Gasteiger partial charge in [-0.1, -0.05) is 12.1 Å². The maximum atomic E-state index is 12.3. The molecule has 4 nitrogen and oxygen atoms in total. The summed E-state index contributed by atoms with van der Waals surface area (Å²) in [5, 5.41) is 2.96. The van der Waals surface area contributed by atoms with Gasteiger partial charge in [-0.2, -0.15) is 11.8 Å². The number of hydrogen-bond donors (Lipinski definition) is 1. The predicted molar refractivity (Wildman–Crippen MR) is 84.3 cm³/mol. The van der Waals surface area contributed by atoms with Crippen LogP contribution in [0.1, 0.15) is 19.4 Å². The van der Waals surface area contributed by atoms with Crippen LogP contribution in [0.5, 0.6) is 0 Å². The van der Waals surface area contributed by atoms with E-state index in [-0.39, 0.29) is 18.2 Å². The Labute approximate surface area is 124 Å². The van der Waals surface area contributed by atoms with E-state index < -0.39 is 0 Å². The second-order valence-corrected chi connectivity index (χ2v) is 5.94. The molecule has 20 heavy (non-hydrogen) atoms. The fourth-order valence-electron chi connectivity index (χ4n) is 2.27. The molecule has 1 aliphatic heterocycles. The highest BCUT2D eigenvalue weighted by atomic mass is 32.2. The fraction of sp³-hybridized carbons (Fsp3) is 0.533. The summed E-state index contributed by atoms with van der Waals surface area (Å²) < 4.78 is 5.54. The number of carbonyl (C=O) groups is 1. The smallest absolute Gasteiger partial charge is 0.322 e. The van der Waals surface area contributed by atoms with Gasteiger partial charge in [0.25, 0.3) is 0 Å². The molecule has 2 rings (SSSR count). The predicted octanol–water partition coefficient (Wildman–Crippen LogP) is 3.19. The molecule has 2 amide bonds. The Morgan fingerprint density at radius 2 is 2.10 bits per heavy atom. The van der Waals surface area contributed by atoms with Crippen LogP contribution in [0.15, 0.2) is 24.3 Å². The van der Waals surface area contributed by atoms with Gasteiger partial charge in [0.1, 0.15) is 0 Å². The van der Waals surface area contributed by atoms with Crippen molar-refractivity contribution in [3.63, 3.8) is 0 Å². The lowest BCUT2D eigenvalue weighted by Crippen LogP contribution is -2.52. The van der Waals surface area contributed by atoms with E-state index >= 15 is 0 Å². The number of nitrogens with zero attached hydrogens (tertiary/aromatic N) is 1. The number of anilines is 1. The lowest BCUT2D eigenvalue weighted by atomic mass is 10.1. The molecule has 0 aliphatic carbocycles. The zero-order chi connectivity index (χ0) is 14.5. The maximum Gasteiger partial charge on any atom is 0.322 e. The van der Waals surface area contributed by atoms with E-state index in [0.717, 1.165) is 11.4 Å².